The van der Waals surface area contributed by atoms with E-state index in [4.69, 9.17) is 19.4 Å². The summed E-state index contributed by atoms with van der Waals surface area (Å²) >= 11 is 0. The number of hydrogen-bond donors (Lipinski definition) is 0. The Balaban J connectivity index is 0.977. The maximum absolute atomic E-state index is 6.48. The zero-order valence-electron chi connectivity index (χ0n) is 33.0. The van der Waals surface area contributed by atoms with Gasteiger partial charge >= 0.3 is 0 Å². The predicted octanol–water partition coefficient (Wildman–Crippen LogP) is 15.2. The van der Waals surface area contributed by atoms with Gasteiger partial charge in [-0.2, -0.15) is 0 Å². The largest absolute Gasteiger partial charge is 0.438 e. The second-order valence-corrected chi connectivity index (χ2v) is 15.6. The highest BCUT2D eigenvalue weighted by Crippen LogP contribution is 2.40. The van der Waals surface area contributed by atoms with E-state index in [0.717, 1.165) is 61.1 Å². The number of furan rings is 1. The molecule has 4 nitrogen and oxygen atoms in total. The summed E-state index contributed by atoms with van der Waals surface area (Å²) in [5.74, 6) is 0.647. The summed E-state index contributed by atoms with van der Waals surface area (Å²) in [6, 6.07) is 72.8. The van der Waals surface area contributed by atoms with Gasteiger partial charge in [0, 0.05) is 33.7 Å². The molecule has 0 bridgehead atoms. The molecule has 0 aliphatic heterocycles. The Morgan fingerprint density at radius 1 is 0.279 bits per heavy atom. The molecular formula is C57H35N3O. The van der Waals surface area contributed by atoms with E-state index in [0.29, 0.717) is 11.5 Å². The zero-order valence-corrected chi connectivity index (χ0v) is 33.0. The van der Waals surface area contributed by atoms with Gasteiger partial charge in [0.1, 0.15) is 5.58 Å². The number of pyridine rings is 1. The van der Waals surface area contributed by atoms with Crippen LogP contribution in [0.5, 0.6) is 0 Å². The van der Waals surface area contributed by atoms with Gasteiger partial charge in [-0.1, -0.05) is 182 Å². The van der Waals surface area contributed by atoms with Gasteiger partial charge in [0.05, 0.1) is 11.4 Å². The normalized spacial score (nSPS) is 11.6. The highest BCUT2D eigenvalue weighted by Gasteiger charge is 2.17. The Morgan fingerprint density at radius 2 is 0.689 bits per heavy atom. The van der Waals surface area contributed by atoms with Gasteiger partial charge < -0.3 is 4.42 Å². The van der Waals surface area contributed by atoms with E-state index < -0.39 is 0 Å². The molecule has 0 saturated carbocycles. The van der Waals surface area contributed by atoms with Crippen molar-refractivity contribution in [3.05, 3.63) is 212 Å². The highest BCUT2D eigenvalue weighted by molar-refractivity contribution is 6.28. The molecule has 0 amide bonds. The Hall–Kier alpha value is -8.21. The number of aromatic nitrogens is 3. The first-order chi connectivity index (χ1) is 30.2. The third-order valence-corrected chi connectivity index (χ3v) is 12.0. The number of benzene rings is 9. The van der Waals surface area contributed by atoms with Gasteiger partial charge in [-0.25, -0.2) is 15.0 Å². The van der Waals surface area contributed by atoms with Crippen LogP contribution in [-0.2, 0) is 0 Å². The fourth-order valence-electron chi connectivity index (χ4n) is 8.83. The Bertz CT molecular complexity index is 3600. The molecule has 12 rings (SSSR count). The third kappa shape index (κ3) is 6.12. The molecule has 0 spiro atoms. The Labute approximate surface area is 352 Å². The monoisotopic (exact) mass is 777 g/mol. The van der Waals surface area contributed by atoms with Crippen molar-refractivity contribution >= 4 is 54.4 Å². The molecule has 0 aliphatic rings. The van der Waals surface area contributed by atoms with E-state index in [1.165, 1.54) is 49.0 Å². The topological polar surface area (TPSA) is 51.8 Å². The molecule has 0 radical (unpaired) electrons. The average molecular weight is 778 g/mol. The van der Waals surface area contributed by atoms with Crippen LogP contribution in [0, 0.1) is 0 Å². The van der Waals surface area contributed by atoms with Crippen LogP contribution in [0.25, 0.3) is 122 Å². The van der Waals surface area contributed by atoms with E-state index in [9.17, 15) is 0 Å². The van der Waals surface area contributed by atoms with Crippen LogP contribution in [-0.4, -0.2) is 15.0 Å². The molecule has 61 heavy (non-hydrogen) atoms. The minimum atomic E-state index is 0.598. The molecule has 0 atom stereocenters. The van der Waals surface area contributed by atoms with Gasteiger partial charge in [-0.05, 0) is 90.0 Å². The molecular weight excluding hydrogens is 743 g/mol. The number of fused-ring (bicyclic) bond motifs is 9. The summed E-state index contributed by atoms with van der Waals surface area (Å²) in [4.78, 5) is 15.3. The molecule has 284 valence electrons. The van der Waals surface area contributed by atoms with E-state index in [1.54, 1.807) is 0 Å². The second kappa shape index (κ2) is 14.3. The van der Waals surface area contributed by atoms with Crippen LogP contribution in [0.1, 0.15) is 0 Å². The predicted molar refractivity (Wildman–Crippen MR) is 252 cm³/mol. The van der Waals surface area contributed by atoms with Gasteiger partial charge in [0.15, 0.2) is 5.82 Å². The van der Waals surface area contributed by atoms with Crippen molar-refractivity contribution in [2.45, 2.75) is 0 Å². The summed E-state index contributed by atoms with van der Waals surface area (Å²) in [6.07, 6.45) is 1.87. The lowest BCUT2D eigenvalue weighted by Crippen LogP contribution is -1.96. The molecule has 0 saturated heterocycles. The minimum Gasteiger partial charge on any atom is -0.438 e. The first-order valence-electron chi connectivity index (χ1n) is 20.6. The molecule has 3 aromatic heterocycles. The lowest BCUT2D eigenvalue weighted by Gasteiger charge is -2.11. The third-order valence-electron chi connectivity index (χ3n) is 12.0. The standard InChI is InChI=1S/C57H35N3O/c1-3-11-36(12-4-1)38-19-21-40(22-20-38)41-23-27-42(28-24-41)53-34-54(60-56(59-53)43-29-25-39(26-30-43)37-13-5-2-6-14-37)44-31-52-51-32-49-47-17-9-7-15-45(47)46-16-8-10-18-48(46)50(49)33-55(51)61-57(52)58-35-44/h1-35H. The van der Waals surface area contributed by atoms with Gasteiger partial charge in [0.25, 0.3) is 0 Å². The first kappa shape index (κ1) is 34.8. The summed E-state index contributed by atoms with van der Waals surface area (Å²) in [6.45, 7) is 0. The molecule has 3 heterocycles. The van der Waals surface area contributed by atoms with Crippen LogP contribution in [0.4, 0.5) is 0 Å². The van der Waals surface area contributed by atoms with E-state index in [-0.39, 0.29) is 0 Å². The quantitative estimate of drug-likeness (QED) is 0.158. The van der Waals surface area contributed by atoms with Crippen LogP contribution in [0.15, 0.2) is 217 Å². The lowest BCUT2D eigenvalue weighted by molar-refractivity contribution is 0.654. The van der Waals surface area contributed by atoms with Gasteiger partial charge in [-0.3, -0.25) is 0 Å². The van der Waals surface area contributed by atoms with Crippen molar-refractivity contribution in [1.29, 1.82) is 0 Å². The molecule has 12 aromatic rings. The van der Waals surface area contributed by atoms with Crippen molar-refractivity contribution in [2.24, 2.45) is 0 Å². The number of rotatable bonds is 6. The average Bonchev–Trinajstić information content (AvgIpc) is 3.71. The summed E-state index contributed by atoms with van der Waals surface area (Å²) in [5, 5.41) is 9.23. The lowest BCUT2D eigenvalue weighted by atomic mass is 9.93. The molecule has 9 aromatic carbocycles. The summed E-state index contributed by atoms with van der Waals surface area (Å²) in [7, 11) is 0. The maximum atomic E-state index is 6.48. The molecule has 0 fully saturated rings. The van der Waals surface area contributed by atoms with E-state index in [1.807, 2.05) is 18.3 Å². The smallest absolute Gasteiger partial charge is 0.227 e. The van der Waals surface area contributed by atoms with Crippen molar-refractivity contribution in [1.82, 2.24) is 15.0 Å². The van der Waals surface area contributed by atoms with Crippen molar-refractivity contribution < 1.29 is 4.42 Å². The van der Waals surface area contributed by atoms with Gasteiger partial charge in [-0.15, -0.1) is 0 Å². The molecule has 0 N–H and O–H groups in total. The molecule has 0 aliphatic carbocycles. The minimum absolute atomic E-state index is 0.598. The van der Waals surface area contributed by atoms with E-state index >= 15 is 0 Å². The summed E-state index contributed by atoms with van der Waals surface area (Å²) < 4.78 is 6.48. The van der Waals surface area contributed by atoms with Crippen LogP contribution >= 0.6 is 0 Å². The van der Waals surface area contributed by atoms with Crippen molar-refractivity contribution in [3.63, 3.8) is 0 Å². The maximum Gasteiger partial charge on any atom is 0.227 e. The molecule has 0 unspecified atom stereocenters. The number of nitrogens with zero attached hydrogens (tertiary/aromatic N) is 3. The summed E-state index contributed by atoms with van der Waals surface area (Å²) in [5.41, 5.74) is 12.9. The van der Waals surface area contributed by atoms with Crippen LogP contribution < -0.4 is 0 Å². The molecule has 4 heteroatoms. The fraction of sp³-hybridized carbons (Fsp3) is 0. The first-order valence-corrected chi connectivity index (χ1v) is 20.6. The van der Waals surface area contributed by atoms with Gasteiger partial charge in [0.2, 0.25) is 5.71 Å². The Morgan fingerprint density at radius 3 is 1.21 bits per heavy atom. The highest BCUT2D eigenvalue weighted by atomic mass is 16.3. The van der Waals surface area contributed by atoms with E-state index in [2.05, 4.69) is 194 Å². The Kier molecular flexibility index (Phi) is 8.13. The second-order valence-electron chi connectivity index (χ2n) is 15.6. The van der Waals surface area contributed by atoms with Crippen molar-refractivity contribution in [3.8, 4) is 67.3 Å². The number of hydrogen-bond acceptors (Lipinski definition) is 4. The fourth-order valence-corrected chi connectivity index (χ4v) is 8.83. The zero-order chi connectivity index (χ0) is 40.3. The SMILES string of the molecule is c1ccc(-c2ccc(-c3ccc(-c4cc(-c5cnc6oc7cc8c9ccccc9c9ccccc9c8cc7c6c5)nc(-c5ccc(-c6ccccc6)cc5)n4)cc3)cc2)cc1. The van der Waals surface area contributed by atoms with Crippen LogP contribution in [0.3, 0.4) is 0 Å². The van der Waals surface area contributed by atoms with Crippen LogP contribution in [0.2, 0.25) is 0 Å². The van der Waals surface area contributed by atoms with Crippen molar-refractivity contribution in [2.75, 3.05) is 0 Å².